The van der Waals surface area contributed by atoms with Crippen molar-refractivity contribution in [2.24, 2.45) is 0 Å². The average Bonchev–Trinajstić information content (AvgIpc) is 2.94. The van der Waals surface area contributed by atoms with Crippen LogP contribution in [0.4, 0.5) is 0 Å². The summed E-state index contributed by atoms with van der Waals surface area (Å²) in [4.78, 5) is 0.532. The SMILES string of the molecule is CCc1ccc(S(=O)(=O)c2ccc(Oc3ccc(C(C)(C)c4ccc(OC(C)(C)CC)cc4)cc3)cc2)cc1. The summed E-state index contributed by atoms with van der Waals surface area (Å²) in [6.07, 6.45) is 1.80. The minimum Gasteiger partial charge on any atom is -0.488 e. The molecule has 4 nitrogen and oxygen atoms in total. The van der Waals surface area contributed by atoms with Crippen molar-refractivity contribution in [3.8, 4) is 17.2 Å². The average molecular weight is 543 g/mol. The largest absolute Gasteiger partial charge is 0.488 e. The molecule has 39 heavy (non-hydrogen) atoms. The Labute approximate surface area is 233 Å². The maximum absolute atomic E-state index is 13.0. The zero-order chi connectivity index (χ0) is 28.3. The van der Waals surface area contributed by atoms with E-state index in [1.54, 1.807) is 36.4 Å². The first-order valence-corrected chi connectivity index (χ1v) is 14.9. The van der Waals surface area contributed by atoms with Crippen molar-refractivity contribution in [1.82, 2.24) is 0 Å². The Kier molecular flexibility index (Phi) is 8.22. The molecule has 0 N–H and O–H groups in total. The summed E-state index contributed by atoms with van der Waals surface area (Å²) in [5.74, 6) is 2.14. The third-order valence-electron chi connectivity index (χ3n) is 7.41. The molecule has 5 heteroatoms. The number of rotatable bonds is 10. The lowest BCUT2D eigenvalue weighted by molar-refractivity contribution is 0.105. The molecule has 0 fully saturated rings. The normalized spacial score (nSPS) is 12.3. The molecule has 204 valence electrons. The van der Waals surface area contributed by atoms with Crippen LogP contribution in [0.25, 0.3) is 0 Å². The summed E-state index contributed by atoms with van der Waals surface area (Å²) < 4.78 is 38.1. The van der Waals surface area contributed by atoms with Crippen LogP contribution in [0.3, 0.4) is 0 Å². The molecule has 0 aliphatic heterocycles. The van der Waals surface area contributed by atoms with E-state index in [1.165, 1.54) is 5.56 Å². The molecule has 0 aliphatic carbocycles. The number of benzene rings is 4. The maximum atomic E-state index is 13.0. The van der Waals surface area contributed by atoms with Gasteiger partial charge in [-0.15, -0.1) is 0 Å². The first-order valence-electron chi connectivity index (χ1n) is 13.5. The van der Waals surface area contributed by atoms with E-state index in [0.29, 0.717) is 16.4 Å². The Balaban J connectivity index is 1.44. The van der Waals surface area contributed by atoms with E-state index in [0.717, 1.165) is 29.7 Å². The second kappa shape index (κ2) is 11.3. The van der Waals surface area contributed by atoms with Gasteiger partial charge in [-0.3, -0.25) is 0 Å². The van der Waals surface area contributed by atoms with Gasteiger partial charge >= 0.3 is 0 Å². The van der Waals surface area contributed by atoms with Gasteiger partial charge in [0.05, 0.1) is 9.79 Å². The van der Waals surface area contributed by atoms with Crippen molar-refractivity contribution < 1.29 is 17.9 Å². The van der Waals surface area contributed by atoms with Gasteiger partial charge in [0.1, 0.15) is 22.8 Å². The van der Waals surface area contributed by atoms with Gasteiger partial charge < -0.3 is 9.47 Å². The Bertz CT molecular complexity index is 1480. The number of sulfone groups is 1. The minimum atomic E-state index is -3.58. The van der Waals surface area contributed by atoms with Gasteiger partial charge in [-0.2, -0.15) is 0 Å². The van der Waals surface area contributed by atoms with Crippen LogP contribution in [0.1, 0.15) is 64.7 Å². The lowest BCUT2D eigenvalue weighted by atomic mass is 9.78. The standard InChI is InChI=1S/C34H38O4S/c1-7-25-9-21-31(22-10-25)39(35,36)32-23-19-29(20-24-32)37-28-15-11-26(12-16-28)34(5,6)27-13-17-30(18-14-27)38-33(3,4)8-2/h9-24H,7-8H2,1-6H3. The molecule has 0 spiro atoms. The maximum Gasteiger partial charge on any atom is 0.206 e. The van der Waals surface area contributed by atoms with E-state index in [1.807, 2.05) is 43.3 Å². The van der Waals surface area contributed by atoms with Crippen molar-refractivity contribution >= 4 is 9.84 Å². The van der Waals surface area contributed by atoms with Gasteiger partial charge in [-0.05, 0) is 104 Å². The molecular formula is C34H38O4S. The van der Waals surface area contributed by atoms with E-state index >= 15 is 0 Å². The van der Waals surface area contributed by atoms with Gasteiger partial charge in [0.15, 0.2) is 0 Å². The van der Waals surface area contributed by atoms with Gasteiger partial charge in [-0.25, -0.2) is 8.42 Å². The highest BCUT2D eigenvalue weighted by Gasteiger charge is 2.24. The molecule has 0 saturated heterocycles. The third-order valence-corrected chi connectivity index (χ3v) is 9.19. The molecule has 4 aromatic rings. The third kappa shape index (κ3) is 6.54. The Morgan fingerprint density at radius 2 is 1.00 bits per heavy atom. The predicted octanol–water partition coefficient (Wildman–Crippen LogP) is 8.77. The molecule has 0 radical (unpaired) electrons. The molecule has 0 bridgehead atoms. The fraction of sp³-hybridized carbons (Fsp3) is 0.294. The van der Waals surface area contributed by atoms with Crippen LogP contribution in [0.2, 0.25) is 0 Å². The first-order chi connectivity index (χ1) is 18.4. The lowest BCUT2D eigenvalue weighted by Crippen LogP contribution is -2.26. The molecule has 0 saturated carbocycles. The minimum absolute atomic E-state index is 0.192. The van der Waals surface area contributed by atoms with E-state index in [4.69, 9.17) is 9.47 Å². The van der Waals surface area contributed by atoms with E-state index in [-0.39, 0.29) is 15.9 Å². The Morgan fingerprint density at radius 3 is 1.44 bits per heavy atom. The highest BCUT2D eigenvalue weighted by Crippen LogP contribution is 2.35. The van der Waals surface area contributed by atoms with Gasteiger partial charge in [0.25, 0.3) is 0 Å². The zero-order valence-electron chi connectivity index (χ0n) is 23.7. The Hall–Kier alpha value is -3.57. The fourth-order valence-electron chi connectivity index (χ4n) is 4.30. The second-order valence-electron chi connectivity index (χ2n) is 11.0. The van der Waals surface area contributed by atoms with Crippen LogP contribution in [-0.4, -0.2) is 14.0 Å². The zero-order valence-corrected chi connectivity index (χ0v) is 24.5. The van der Waals surface area contributed by atoms with Gasteiger partial charge in [-0.1, -0.05) is 64.1 Å². The van der Waals surface area contributed by atoms with Crippen molar-refractivity contribution in [3.63, 3.8) is 0 Å². The molecule has 0 aliphatic rings. The lowest BCUT2D eigenvalue weighted by Gasteiger charge is -2.28. The van der Waals surface area contributed by atoms with Gasteiger partial charge in [0.2, 0.25) is 9.84 Å². The van der Waals surface area contributed by atoms with Crippen LogP contribution in [-0.2, 0) is 21.7 Å². The monoisotopic (exact) mass is 542 g/mol. The van der Waals surface area contributed by atoms with Crippen LogP contribution < -0.4 is 9.47 Å². The number of hydrogen-bond acceptors (Lipinski definition) is 4. The topological polar surface area (TPSA) is 52.6 Å². The van der Waals surface area contributed by atoms with Gasteiger partial charge in [0, 0.05) is 5.41 Å². The fourth-order valence-corrected chi connectivity index (χ4v) is 5.56. The molecule has 0 atom stereocenters. The van der Waals surface area contributed by atoms with E-state index in [2.05, 4.69) is 58.9 Å². The molecule has 0 heterocycles. The summed E-state index contributed by atoms with van der Waals surface area (Å²) in [6, 6.07) is 29.9. The van der Waals surface area contributed by atoms with E-state index in [9.17, 15) is 8.42 Å². The predicted molar refractivity (Wildman–Crippen MR) is 158 cm³/mol. The summed E-state index contributed by atoms with van der Waals surface area (Å²) in [7, 11) is -3.58. The quantitative estimate of drug-likeness (QED) is 0.201. The number of aryl methyl sites for hydroxylation is 1. The molecule has 4 rings (SSSR count). The summed E-state index contributed by atoms with van der Waals surface area (Å²) in [5.41, 5.74) is 3.06. The van der Waals surface area contributed by atoms with Crippen molar-refractivity contribution in [2.45, 2.75) is 75.2 Å². The molecule has 0 amide bonds. The highest BCUT2D eigenvalue weighted by atomic mass is 32.2. The summed E-state index contributed by atoms with van der Waals surface area (Å²) >= 11 is 0. The first kappa shape index (κ1) is 28.4. The molecule has 4 aromatic carbocycles. The van der Waals surface area contributed by atoms with Crippen molar-refractivity contribution in [3.05, 3.63) is 114 Å². The van der Waals surface area contributed by atoms with Crippen LogP contribution >= 0.6 is 0 Å². The van der Waals surface area contributed by atoms with Crippen LogP contribution in [0.15, 0.2) is 107 Å². The van der Waals surface area contributed by atoms with Crippen molar-refractivity contribution in [2.75, 3.05) is 0 Å². The van der Waals surface area contributed by atoms with E-state index < -0.39 is 9.84 Å². The number of hydrogen-bond donors (Lipinski definition) is 0. The molecular weight excluding hydrogens is 504 g/mol. The highest BCUT2D eigenvalue weighted by molar-refractivity contribution is 7.91. The molecule has 0 unspecified atom stereocenters. The summed E-state index contributed by atoms with van der Waals surface area (Å²) in [6.45, 7) is 12.7. The number of ether oxygens (including phenoxy) is 2. The van der Waals surface area contributed by atoms with Crippen LogP contribution in [0.5, 0.6) is 17.2 Å². The molecule has 0 aromatic heterocycles. The Morgan fingerprint density at radius 1 is 0.590 bits per heavy atom. The second-order valence-corrected chi connectivity index (χ2v) is 12.9. The van der Waals surface area contributed by atoms with Crippen LogP contribution in [0, 0.1) is 0 Å². The van der Waals surface area contributed by atoms with Crippen molar-refractivity contribution in [1.29, 1.82) is 0 Å². The summed E-state index contributed by atoms with van der Waals surface area (Å²) in [5, 5.41) is 0. The smallest absolute Gasteiger partial charge is 0.206 e.